The fraction of sp³-hybridized carbons (Fsp3) is 0.538. The summed E-state index contributed by atoms with van der Waals surface area (Å²) in [5.74, 6) is 2.21. The van der Waals surface area contributed by atoms with Crippen LogP contribution in [-0.4, -0.2) is 26.8 Å². The molecule has 0 spiro atoms. The van der Waals surface area contributed by atoms with Gasteiger partial charge in [-0.15, -0.1) is 0 Å². The Balaban J connectivity index is 2.22. The van der Waals surface area contributed by atoms with E-state index >= 15 is 0 Å². The molecule has 1 aromatic rings. The molecular weight excluding hydrogens is 202 g/mol. The van der Waals surface area contributed by atoms with Crippen LogP contribution in [0.2, 0.25) is 0 Å². The maximum Gasteiger partial charge on any atom is 0.160 e. The summed E-state index contributed by atoms with van der Waals surface area (Å²) in [6.07, 6.45) is 1.19. The number of nitrogens with one attached hydrogen (secondary N) is 1. The Morgan fingerprint density at radius 3 is 2.50 bits per heavy atom. The molecule has 88 valence electrons. The Morgan fingerprint density at radius 2 is 1.94 bits per heavy atom. The summed E-state index contributed by atoms with van der Waals surface area (Å²) in [7, 11) is 3.34. The largest absolute Gasteiger partial charge is 0.493 e. The van der Waals surface area contributed by atoms with Gasteiger partial charge in [0.1, 0.15) is 0 Å². The van der Waals surface area contributed by atoms with Crippen LogP contribution in [0.1, 0.15) is 24.8 Å². The minimum absolute atomic E-state index is 0.592. The molecule has 1 saturated heterocycles. The molecule has 1 aliphatic heterocycles. The Labute approximate surface area is 96.8 Å². The highest BCUT2D eigenvalue weighted by molar-refractivity contribution is 5.44. The Morgan fingerprint density at radius 1 is 1.19 bits per heavy atom. The van der Waals surface area contributed by atoms with E-state index < -0.39 is 0 Å². The number of rotatable bonds is 3. The van der Waals surface area contributed by atoms with Gasteiger partial charge in [-0.05, 0) is 37.0 Å². The van der Waals surface area contributed by atoms with Gasteiger partial charge in [-0.3, -0.25) is 0 Å². The molecule has 0 bridgehead atoms. The summed E-state index contributed by atoms with van der Waals surface area (Å²) in [5, 5.41) is 3.46. The molecule has 2 rings (SSSR count). The lowest BCUT2D eigenvalue weighted by molar-refractivity contribution is 0.354. The van der Waals surface area contributed by atoms with Gasteiger partial charge in [0, 0.05) is 12.6 Å². The Hall–Kier alpha value is -1.22. The van der Waals surface area contributed by atoms with E-state index in [9.17, 15) is 0 Å². The number of ether oxygens (including phenoxy) is 2. The molecule has 1 N–H and O–H groups in total. The van der Waals surface area contributed by atoms with Crippen molar-refractivity contribution in [3.8, 4) is 11.5 Å². The third-order valence-corrected chi connectivity index (χ3v) is 3.23. The average Bonchev–Trinajstić information content (AvgIpc) is 2.75. The summed E-state index contributed by atoms with van der Waals surface area (Å²) in [6.45, 7) is 3.28. The van der Waals surface area contributed by atoms with Gasteiger partial charge in [-0.25, -0.2) is 0 Å². The number of hydrogen-bond acceptors (Lipinski definition) is 3. The third-order valence-electron chi connectivity index (χ3n) is 3.23. The van der Waals surface area contributed by atoms with Crippen molar-refractivity contribution >= 4 is 0 Å². The van der Waals surface area contributed by atoms with Crippen LogP contribution in [0.4, 0.5) is 0 Å². The van der Waals surface area contributed by atoms with Crippen molar-refractivity contribution in [2.24, 2.45) is 0 Å². The molecule has 2 atom stereocenters. The summed E-state index contributed by atoms with van der Waals surface area (Å²) in [5.41, 5.74) is 1.33. The van der Waals surface area contributed by atoms with E-state index in [4.69, 9.17) is 9.47 Å². The first-order valence-electron chi connectivity index (χ1n) is 5.70. The van der Waals surface area contributed by atoms with Gasteiger partial charge in [0.15, 0.2) is 11.5 Å². The van der Waals surface area contributed by atoms with Gasteiger partial charge >= 0.3 is 0 Å². The molecule has 1 aromatic carbocycles. The molecule has 0 radical (unpaired) electrons. The minimum atomic E-state index is 0.592. The van der Waals surface area contributed by atoms with Crippen LogP contribution >= 0.6 is 0 Å². The van der Waals surface area contributed by atoms with Crippen molar-refractivity contribution in [2.75, 3.05) is 20.8 Å². The van der Waals surface area contributed by atoms with Gasteiger partial charge < -0.3 is 14.8 Å². The van der Waals surface area contributed by atoms with Gasteiger partial charge in [-0.2, -0.15) is 0 Å². The molecule has 16 heavy (non-hydrogen) atoms. The molecular formula is C13H19NO2. The topological polar surface area (TPSA) is 30.5 Å². The van der Waals surface area contributed by atoms with Crippen LogP contribution < -0.4 is 14.8 Å². The van der Waals surface area contributed by atoms with Crippen molar-refractivity contribution in [3.05, 3.63) is 23.8 Å². The highest BCUT2D eigenvalue weighted by Crippen LogP contribution is 2.33. The standard InChI is InChI=1S/C13H19NO2/c1-9-6-11(8-14-9)10-4-5-12(15-2)13(7-10)16-3/h4-5,7,9,11,14H,6,8H2,1-3H3. The molecule has 3 nitrogen and oxygen atoms in total. The van der Waals surface area contributed by atoms with E-state index in [1.807, 2.05) is 6.07 Å². The van der Waals surface area contributed by atoms with E-state index in [1.165, 1.54) is 12.0 Å². The predicted molar refractivity (Wildman–Crippen MR) is 64.4 cm³/mol. The number of benzene rings is 1. The highest BCUT2D eigenvalue weighted by atomic mass is 16.5. The zero-order valence-corrected chi connectivity index (χ0v) is 10.1. The maximum atomic E-state index is 5.32. The molecule has 0 aromatic heterocycles. The average molecular weight is 221 g/mol. The Bertz CT molecular complexity index is 365. The second-order valence-corrected chi connectivity index (χ2v) is 4.36. The minimum Gasteiger partial charge on any atom is -0.493 e. The third kappa shape index (κ3) is 2.14. The van der Waals surface area contributed by atoms with E-state index in [0.29, 0.717) is 12.0 Å². The molecule has 2 unspecified atom stereocenters. The first kappa shape index (κ1) is 11.3. The van der Waals surface area contributed by atoms with Crippen molar-refractivity contribution in [3.63, 3.8) is 0 Å². The molecule has 0 saturated carbocycles. The lowest BCUT2D eigenvalue weighted by atomic mass is 9.96. The molecule has 1 aliphatic rings. The normalized spacial score (nSPS) is 24.4. The first-order chi connectivity index (χ1) is 7.74. The molecule has 0 aliphatic carbocycles. The van der Waals surface area contributed by atoms with E-state index in [2.05, 4.69) is 24.4 Å². The van der Waals surface area contributed by atoms with Gasteiger partial charge in [0.2, 0.25) is 0 Å². The van der Waals surface area contributed by atoms with E-state index in [0.717, 1.165) is 18.0 Å². The summed E-state index contributed by atoms with van der Waals surface area (Å²) in [4.78, 5) is 0. The summed E-state index contributed by atoms with van der Waals surface area (Å²) >= 11 is 0. The van der Waals surface area contributed by atoms with Crippen LogP contribution in [0, 0.1) is 0 Å². The second kappa shape index (κ2) is 4.74. The maximum absolute atomic E-state index is 5.32. The number of hydrogen-bond donors (Lipinski definition) is 1. The van der Waals surface area contributed by atoms with Crippen LogP contribution in [0.25, 0.3) is 0 Å². The van der Waals surface area contributed by atoms with Crippen LogP contribution in [0.5, 0.6) is 11.5 Å². The zero-order valence-electron chi connectivity index (χ0n) is 10.1. The molecule has 0 amide bonds. The number of methoxy groups -OCH3 is 2. The SMILES string of the molecule is COc1ccc(C2CNC(C)C2)cc1OC. The fourth-order valence-electron chi connectivity index (χ4n) is 2.30. The van der Waals surface area contributed by atoms with Crippen molar-refractivity contribution in [1.29, 1.82) is 0 Å². The molecule has 1 heterocycles. The fourth-order valence-corrected chi connectivity index (χ4v) is 2.30. The zero-order chi connectivity index (χ0) is 11.5. The smallest absolute Gasteiger partial charge is 0.160 e. The summed E-state index contributed by atoms with van der Waals surface area (Å²) < 4.78 is 10.6. The van der Waals surface area contributed by atoms with Crippen molar-refractivity contribution < 1.29 is 9.47 Å². The monoisotopic (exact) mass is 221 g/mol. The van der Waals surface area contributed by atoms with Gasteiger partial charge in [-0.1, -0.05) is 6.07 Å². The highest BCUT2D eigenvalue weighted by Gasteiger charge is 2.22. The lowest BCUT2D eigenvalue weighted by Crippen LogP contribution is -2.16. The van der Waals surface area contributed by atoms with Crippen LogP contribution in [0.15, 0.2) is 18.2 Å². The van der Waals surface area contributed by atoms with Crippen molar-refractivity contribution in [1.82, 2.24) is 5.32 Å². The van der Waals surface area contributed by atoms with Gasteiger partial charge in [0.05, 0.1) is 14.2 Å². The van der Waals surface area contributed by atoms with Crippen LogP contribution in [0.3, 0.4) is 0 Å². The molecule has 1 fully saturated rings. The Kier molecular flexibility index (Phi) is 3.34. The predicted octanol–water partition coefficient (Wildman–Crippen LogP) is 2.17. The molecule has 3 heteroatoms. The van der Waals surface area contributed by atoms with E-state index in [1.54, 1.807) is 14.2 Å². The van der Waals surface area contributed by atoms with E-state index in [-0.39, 0.29) is 0 Å². The lowest BCUT2D eigenvalue weighted by Gasteiger charge is -2.13. The first-order valence-corrected chi connectivity index (χ1v) is 5.70. The second-order valence-electron chi connectivity index (χ2n) is 4.36. The van der Waals surface area contributed by atoms with Crippen LogP contribution in [-0.2, 0) is 0 Å². The van der Waals surface area contributed by atoms with Crippen molar-refractivity contribution in [2.45, 2.75) is 25.3 Å². The van der Waals surface area contributed by atoms with Gasteiger partial charge in [0.25, 0.3) is 0 Å². The summed E-state index contributed by atoms with van der Waals surface area (Å²) in [6, 6.07) is 6.81. The quantitative estimate of drug-likeness (QED) is 0.848.